The number of rotatable bonds is 6. The predicted molar refractivity (Wildman–Crippen MR) is 132 cm³/mol. The van der Waals surface area contributed by atoms with Crippen molar-refractivity contribution in [2.75, 3.05) is 18.3 Å². The highest BCUT2D eigenvalue weighted by Gasteiger charge is 2.26. The van der Waals surface area contributed by atoms with Crippen LogP contribution in [0.15, 0.2) is 82.3 Å². The van der Waals surface area contributed by atoms with E-state index in [0.717, 1.165) is 17.0 Å². The van der Waals surface area contributed by atoms with Gasteiger partial charge < -0.3 is 9.15 Å². The quantitative estimate of drug-likeness (QED) is 0.319. The molecule has 2 heterocycles. The number of benzene rings is 3. The van der Waals surface area contributed by atoms with Gasteiger partial charge in [0, 0.05) is 6.26 Å². The number of ether oxygens (including phenoxy) is 1. The Hall–Kier alpha value is -3.69. The Kier molecular flexibility index (Phi) is 5.59. The predicted octanol–water partition coefficient (Wildman–Crippen LogP) is 5.30. The number of methoxy groups -OCH3 is 1. The maximum absolute atomic E-state index is 13.9. The molecule has 0 aliphatic carbocycles. The Morgan fingerprint density at radius 3 is 2.50 bits per heavy atom. The SMILES string of the molecule is COc1cc2ccccc2cc1C(=O)N(Cc1ccco1)c1nc2ccc(S(C)(=O)=O)cc2s1. The molecule has 0 saturated heterocycles. The number of carbonyl (C=O) groups excluding carboxylic acids is 1. The molecule has 0 N–H and O–H groups in total. The van der Waals surface area contributed by atoms with Crippen LogP contribution in [0.4, 0.5) is 5.13 Å². The lowest BCUT2D eigenvalue weighted by Crippen LogP contribution is -2.30. The number of fused-ring (bicyclic) bond motifs is 2. The van der Waals surface area contributed by atoms with Gasteiger partial charge in [-0.15, -0.1) is 0 Å². The summed E-state index contributed by atoms with van der Waals surface area (Å²) in [5, 5.41) is 2.30. The van der Waals surface area contributed by atoms with Crippen LogP contribution >= 0.6 is 11.3 Å². The fraction of sp³-hybridized carbons (Fsp3) is 0.120. The number of furan rings is 1. The Morgan fingerprint density at radius 2 is 1.82 bits per heavy atom. The summed E-state index contributed by atoms with van der Waals surface area (Å²) in [6.45, 7) is 0.153. The van der Waals surface area contributed by atoms with Crippen molar-refractivity contribution in [3.8, 4) is 5.75 Å². The minimum atomic E-state index is -3.37. The molecule has 0 aliphatic heterocycles. The highest BCUT2D eigenvalue weighted by molar-refractivity contribution is 7.90. The van der Waals surface area contributed by atoms with Gasteiger partial charge in [-0.25, -0.2) is 13.4 Å². The molecule has 0 fully saturated rings. The molecule has 7 nitrogen and oxygen atoms in total. The molecule has 0 saturated carbocycles. The zero-order chi connectivity index (χ0) is 23.9. The molecular weight excluding hydrogens is 472 g/mol. The zero-order valence-electron chi connectivity index (χ0n) is 18.4. The maximum atomic E-state index is 13.9. The van der Waals surface area contributed by atoms with Gasteiger partial charge in [0.05, 0.1) is 40.6 Å². The van der Waals surface area contributed by atoms with Crippen LogP contribution < -0.4 is 9.64 Å². The molecule has 1 amide bonds. The van der Waals surface area contributed by atoms with E-state index in [4.69, 9.17) is 9.15 Å². The molecule has 0 radical (unpaired) electrons. The number of sulfone groups is 1. The van der Waals surface area contributed by atoms with Gasteiger partial charge in [-0.3, -0.25) is 9.69 Å². The van der Waals surface area contributed by atoms with E-state index in [1.165, 1.54) is 29.4 Å². The Labute approximate surface area is 200 Å². The molecule has 0 spiro atoms. The molecule has 0 aliphatic rings. The van der Waals surface area contributed by atoms with Gasteiger partial charge in [0.15, 0.2) is 15.0 Å². The third kappa shape index (κ3) is 4.15. The Balaban J connectivity index is 1.63. The van der Waals surface area contributed by atoms with E-state index in [0.29, 0.717) is 32.4 Å². The fourth-order valence-corrected chi connectivity index (χ4v) is 5.45. The van der Waals surface area contributed by atoms with Gasteiger partial charge in [0.2, 0.25) is 0 Å². The molecule has 3 aromatic carbocycles. The monoisotopic (exact) mass is 492 g/mol. The van der Waals surface area contributed by atoms with Gasteiger partial charge in [0.1, 0.15) is 11.5 Å². The van der Waals surface area contributed by atoms with Crippen molar-refractivity contribution < 1.29 is 22.4 Å². The van der Waals surface area contributed by atoms with Gasteiger partial charge >= 0.3 is 0 Å². The summed E-state index contributed by atoms with van der Waals surface area (Å²) in [6, 6.07) is 19.7. The number of thiazole rings is 1. The zero-order valence-corrected chi connectivity index (χ0v) is 20.0. The normalized spacial score (nSPS) is 11.7. The first-order valence-electron chi connectivity index (χ1n) is 10.3. The minimum Gasteiger partial charge on any atom is -0.496 e. The second-order valence-electron chi connectivity index (χ2n) is 7.77. The van der Waals surface area contributed by atoms with Crippen LogP contribution in [0.1, 0.15) is 16.1 Å². The van der Waals surface area contributed by atoms with E-state index in [1.54, 1.807) is 36.6 Å². The first-order valence-corrected chi connectivity index (χ1v) is 13.1. The highest BCUT2D eigenvalue weighted by atomic mass is 32.2. The van der Waals surface area contributed by atoms with Crippen molar-refractivity contribution in [3.05, 3.63) is 84.3 Å². The van der Waals surface area contributed by atoms with Crippen molar-refractivity contribution in [1.82, 2.24) is 4.98 Å². The first-order chi connectivity index (χ1) is 16.3. The van der Waals surface area contributed by atoms with Crippen LogP contribution in [0, 0.1) is 0 Å². The van der Waals surface area contributed by atoms with Crippen molar-refractivity contribution >= 4 is 53.2 Å². The topological polar surface area (TPSA) is 89.7 Å². The molecular formula is C25H20N2O5S2. The van der Waals surface area contributed by atoms with Crippen molar-refractivity contribution in [2.24, 2.45) is 0 Å². The van der Waals surface area contributed by atoms with Gasteiger partial charge in [-0.2, -0.15) is 0 Å². The number of hydrogen-bond acceptors (Lipinski definition) is 7. The Bertz CT molecular complexity index is 1620. The maximum Gasteiger partial charge on any atom is 0.264 e. The number of nitrogens with zero attached hydrogens (tertiary/aromatic N) is 2. The average Bonchev–Trinajstić information content (AvgIpc) is 3.49. The van der Waals surface area contributed by atoms with E-state index in [9.17, 15) is 13.2 Å². The van der Waals surface area contributed by atoms with Crippen molar-refractivity contribution in [3.63, 3.8) is 0 Å². The summed E-state index contributed by atoms with van der Waals surface area (Å²) in [7, 11) is -1.84. The molecule has 0 bridgehead atoms. The molecule has 34 heavy (non-hydrogen) atoms. The third-order valence-electron chi connectivity index (χ3n) is 5.45. The average molecular weight is 493 g/mol. The molecule has 0 atom stereocenters. The number of hydrogen-bond donors (Lipinski definition) is 0. The molecule has 0 unspecified atom stereocenters. The molecule has 5 aromatic rings. The lowest BCUT2D eigenvalue weighted by molar-refractivity contribution is 0.0980. The summed E-state index contributed by atoms with van der Waals surface area (Å²) >= 11 is 1.24. The summed E-state index contributed by atoms with van der Waals surface area (Å²) in [5.74, 6) is 0.735. The lowest BCUT2D eigenvalue weighted by Gasteiger charge is -2.20. The van der Waals surface area contributed by atoms with Crippen LogP contribution in [0.5, 0.6) is 5.75 Å². The van der Waals surface area contributed by atoms with E-state index in [-0.39, 0.29) is 17.3 Å². The summed E-state index contributed by atoms with van der Waals surface area (Å²) in [4.78, 5) is 20.2. The molecule has 5 rings (SSSR count). The Morgan fingerprint density at radius 1 is 1.06 bits per heavy atom. The van der Waals surface area contributed by atoms with E-state index >= 15 is 0 Å². The van der Waals surface area contributed by atoms with E-state index in [1.807, 2.05) is 30.3 Å². The third-order valence-corrected chi connectivity index (χ3v) is 7.60. The number of aromatic nitrogens is 1. The van der Waals surface area contributed by atoms with Crippen LogP contribution in [0.2, 0.25) is 0 Å². The smallest absolute Gasteiger partial charge is 0.264 e. The number of carbonyl (C=O) groups is 1. The van der Waals surface area contributed by atoms with Crippen LogP contribution in [-0.4, -0.2) is 32.7 Å². The summed E-state index contributed by atoms with van der Waals surface area (Å²) in [6.07, 6.45) is 2.71. The van der Waals surface area contributed by atoms with Crippen molar-refractivity contribution in [2.45, 2.75) is 11.4 Å². The highest BCUT2D eigenvalue weighted by Crippen LogP contribution is 2.34. The number of anilines is 1. The van der Waals surface area contributed by atoms with Gasteiger partial charge in [0.25, 0.3) is 5.91 Å². The molecule has 2 aromatic heterocycles. The first kappa shape index (κ1) is 22.1. The van der Waals surface area contributed by atoms with Crippen LogP contribution in [-0.2, 0) is 16.4 Å². The molecule has 172 valence electrons. The minimum absolute atomic E-state index is 0.153. The van der Waals surface area contributed by atoms with Gasteiger partial charge in [-0.1, -0.05) is 35.6 Å². The van der Waals surface area contributed by atoms with Gasteiger partial charge in [-0.05, 0) is 53.2 Å². The van der Waals surface area contributed by atoms with Crippen LogP contribution in [0.3, 0.4) is 0 Å². The number of amides is 1. The standard InChI is InChI=1S/C25H20N2O5S2/c1-31-22-13-17-7-4-3-6-16(17)12-20(22)24(28)27(15-18-8-5-11-32-18)25-26-21-10-9-19(34(2,29)30)14-23(21)33-25/h3-14H,15H2,1-2H3. The fourth-order valence-electron chi connectivity index (χ4n) is 3.72. The molecule has 9 heteroatoms. The summed E-state index contributed by atoms with van der Waals surface area (Å²) in [5.41, 5.74) is 0.999. The van der Waals surface area contributed by atoms with E-state index < -0.39 is 9.84 Å². The second-order valence-corrected chi connectivity index (χ2v) is 10.8. The second kappa shape index (κ2) is 8.58. The lowest BCUT2D eigenvalue weighted by atomic mass is 10.0. The largest absolute Gasteiger partial charge is 0.496 e. The van der Waals surface area contributed by atoms with Crippen LogP contribution in [0.25, 0.3) is 21.0 Å². The van der Waals surface area contributed by atoms with E-state index in [2.05, 4.69) is 4.98 Å². The summed E-state index contributed by atoms with van der Waals surface area (Å²) < 4.78 is 35.7. The van der Waals surface area contributed by atoms with Crippen molar-refractivity contribution in [1.29, 1.82) is 0 Å².